The maximum absolute atomic E-state index is 2.48. The molecule has 0 radical (unpaired) electrons. The number of para-hydroxylation sites is 1. The zero-order valence-electron chi connectivity index (χ0n) is 56.4. The molecule has 15 aromatic rings. The molecule has 12 aromatic carbocycles. The van der Waals surface area contributed by atoms with Crippen LogP contribution in [0, 0.1) is 13.8 Å². The third-order valence-corrected chi connectivity index (χ3v) is 19.5. The number of aryl methyl sites for hydroxylation is 2. The van der Waals surface area contributed by atoms with E-state index >= 15 is 0 Å². The first-order chi connectivity index (χ1) is 44.5. The molecule has 0 N–H and O–H groups in total. The summed E-state index contributed by atoms with van der Waals surface area (Å²) in [6.45, 7) is 32.1. The van der Waals surface area contributed by atoms with Gasteiger partial charge in [-0.1, -0.05) is 197 Å². The van der Waals surface area contributed by atoms with Gasteiger partial charge in [0.25, 0.3) is 0 Å². The van der Waals surface area contributed by atoms with Crippen molar-refractivity contribution in [2.75, 3.05) is 9.80 Å². The van der Waals surface area contributed by atoms with E-state index < -0.39 is 0 Å². The zero-order chi connectivity index (χ0) is 64.6. The molecule has 0 saturated heterocycles. The highest BCUT2D eigenvalue weighted by Crippen LogP contribution is 2.48. The van der Waals surface area contributed by atoms with Crippen LogP contribution in [0.3, 0.4) is 0 Å². The molecule has 0 bridgehead atoms. The lowest BCUT2D eigenvalue weighted by Crippen LogP contribution is -2.11. The smallest absolute Gasteiger partial charge is 0.0562 e. The van der Waals surface area contributed by atoms with E-state index in [2.05, 4.69) is 369 Å². The van der Waals surface area contributed by atoms with Crippen LogP contribution in [0.2, 0.25) is 0 Å². The molecule has 0 aliphatic heterocycles. The lowest BCUT2D eigenvalue weighted by atomic mass is 9.85. The number of nitrogens with zero attached hydrogens (tertiary/aromatic N) is 5. The molecule has 460 valence electrons. The predicted molar refractivity (Wildman–Crippen MR) is 401 cm³/mol. The van der Waals surface area contributed by atoms with Crippen LogP contribution >= 0.6 is 0 Å². The van der Waals surface area contributed by atoms with Gasteiger partial charge in [0.05, 0.1) is 38.8 Å². The quantitative estimate of drug-likeness (QED) is 0.144. The minimum absolute atomic E-state index is 0.00432. The van der Waals surface area contributed by atoms with E-state index in [9.17, 15) is 0 Å². The first-order valence-corrected chi connectivity index (χ1v) is 33.1. The highest BCUT2D eigenvalue weighted by atomic mass is 15.2. The normalized spacial score (nSPS) is 12.6. The van der Waals surface area contributed by atoms with Crippen LogP contribution in [0.5, 0.6) is 0 Å². The fourth-order valence-corrected chi connectivity index (χ4v) is 14.3. The second-order valence-corrected chi connectivity index (χ2v) is 30.2. The first kappa shape index (κ1) is 59.2. The van der Waals surface area contributed by atoms with Crippen LogP contribution in [-0.2, 0) is 21.7 Å². The molecule has 0 amide bonds. The number of hydrogen-bond donors (Lipinski definition) is 0. The van der Waals surface area contributed by atoms with E-state index in [1.54, 1.807) is 0 Å². The SMILES string of the molecule is Cc1ccc(N(c2cccc(-n3c4ccc(C(C)(C)C)cc4c4cc(C(C)(C)C)ccc43)c2)c2ccc3c4c5cccc(N(c6ccc(C)cc6)c6cccc(-n7c8ccc(C(C)(C)C)cc8c8cc(C(C)(C)C)ccc87)c6)c5ccc4n(-c4ccccc4)c3c2)cc1. The van der Waals surface area contributed by atoms with E-state index in [0.29, 0.717) is 0 Å². The molecule has 0 unspecified atom stereocenters. The van der Waals surface area contributed by atoms with E-state index in [4.69, 9.17) is 0 Å². The summed E-state index contributed by atoms with van der Waals surface area (Å²) in [7, 11) is 0. The summed E-state index contributed by atoms with van der Waals surface area (Å²) in [6, 6.07) is 94.4. The predicted octanol–water partition coefficient (Wildman–Crippen LogP) is 24.9. The Labute approximate surface area is 548 Å². The molecule has 5 heteroatoms. The van der Waals surface area contributed by atoms with Crippen molar-refractivity contribution in [1.29, 1.82) is 0 Å². The van der Waals surface area contributed by atoms with Gasteiger partial charge in [0.1, 0.15) is 0 Å². The van der Waals surface area contributed by atoms with Crippen LogP contribution < -0.4 is 9.80 Å². The number of fused-ring (bicyclic) bond motifs is 11. The van der Waals surface area contributed by atoms with Crippen molar-refractivity contribution in [2.24, 2.45) is 0 Å². The third kappa shape index (κ3) is 10.2. The van der Waals surface area contributed by atoms with E-state index in [0.717, 1.165) is 62.2 Å². The number of anilines is 6. The van der Waals surface area contributed by atoms with Gasteiger partial charge in [-0.25, -0.2) is 0 Å². The van der Waals surface area contributed by atoms with E-state index in [1.807, 2.05) is 0 Å². The minimum atomic E-state index is 0.00432. The Kier molecular flexibility index (Phi) is 13.9. The second-order valence-electron chi connectivity index (χ2n) is 30.2. The zero-order valence-corrected chi connectivity index (χ0v) is 56.4. The summed E-state index contributed by atoms with van der Waals surface area (Å²) < 4.78 is 7.43. The van der Waals surface area contributed by atoms with Crippen molar-refractivity contribution in [3.63, 3.8) is 0 Å². The molecular weight excluding hydrogens is 1130 g/mol. The fraction of sp³-hybridized carbons (Fsp3) is 0.205. The summed E-state index contributed by atoms with van der Waals surface area (Å²) in [5.41, 5.74) is 24.7. The summed E-state index contributed by atoms with van der Waals surface area (Å²) >= 11 is 0. The maximum atomic E-state index is 2.48. The summed E-state index contributed by atoms with van der Waals surface area (Å²) in [6.07, 6.45) is 0. The van der Waals surface area contributed by atoms with Crippen molar-refractivity contribution in [3.8, 4) is 17.1 Å². The second kappa shape index (κ2) is 21.8. The van der Waals surface area contributed by atoms with E-state index in [-0.39, 0.29) is 21.7 Å². The number of aromatic nitrogens is 3. The Morgan fingerprint density at radius 3 is 1.05 bits per heavy atom. The van der Waals surface area contributed by atoms with Crippen molar-refractivity contribution < 1.29 is 0 Å². The fourth-order valence-electron chi connectivity index (χ4n) is 14.3. The average Bonchev–Trinajstić information content (AvgIpc) is 1.61. The first-order valence-electron chi connectivity index (χ1n) is 33.1. The van der Waals surface area contributed by atoms with Gasteiger partial charge in [0, 0.05) is 83.2 Å². The molecular formula is C88H83N5. The summed E-state index contributed by atoms with van der Waals surface area (Å²) in [5, 5.41) is 9.87. The van der Waals surface area contributed by atoms with Crippen molar-refractivity contribution in [2.45, 2.75) is 119 Å². The molecule has 3 aromatic heterocycles. The lowest BCUT2D eigenvalue weighted by molar-refractivity contribution is 0.590. The van der Waals surface area contributed by atoms with Gasteiger partial charge in [-0.2, -0.15) is 0 Å². The van der Waals surface area contributed by atoms with Gasteiger partial charge in [0.2, 0.25) is 0 Å². The van der Waals surface area contributed by atoms with Crippen LogP contribution in [0.25, 0.3) is 93.3 Å². The molecule has 0 atom stereocenters. The average molecular weight is 1210 g/mol. The molecule has 93 heavy (non-hydrogen) atoms. The molecule has 0 saturated carbocycles. The molecule has 0 aliphatic carbocycles. The number of rotatable bonds is 9. The highest BCUT2D eigenvalue weighted by Gasteiger charge is 2.27. The van der Waals surface area contributed by atoms with Gasteiger partial charge in [-0.05, 0) is 209 Å². The lowest BCUT2D eigenvalue weighted by Gasteiger charge is -2.28. The van der Waals surface area contributed by atoms with Crippen LogP contribution in [0.15, 0.2) is 249 Å². The highest BCUT2D eigenvalue weighted by molar-refractivity contribution is 6.24. The van der Waals surface area contributed by atoms with Crippen LogP contribution in [-0.4, -0.2) is 13.7 Å². The van der Waals surface area contributed by atoms with Crippen LogP contribution in [0.1, 0.15) is 116 Å². The Morgan fingerprint density at radius 2 is 0.602 bits per heavy atom. The molecule has 3 heterocycles. The maximum Gasteiger partial charge on any atom is 0.0562 e. The minimum Gasteiger partial charge on any atom is -0.310 e. The van der Waals surface area contributed by atoms with E-state index in [1.165, 1.54) is 98.5 Å². The Hall–Kier alpha value is -10.1. The molecule has 15 rings (SSSR count). The molecule has 5 nitrogen and oxygen atoms in total. The summed E-state index contributed by atoms with van der Waals surface area (Å²) in [5.74, 6) is 0. The standard InChI is InChI=1S/C88H83N5/c1-56-29-37-63(38-30-56)89(65-23-18-25-67(53-65)92-78-44-33-58(85(3,4)5)49-73(78)74-50-59(86(6,7)8)34-45-79(74)92)69-41-42-72-83(55-69)91(62-21-16-15-17-22-62)82-48-43-70-71(84(72)82)27-20-28-77(70)90(64-39-31-57(2)32-40-64)66-24-19-26-68(54-66)93-80-46-35-60(87(9,10)11)51-75(80)76-52-61(88(12,13)14)36-47-81(76)93/h15-55H,1-14H3. The third-order valence-electron chi connectivity index (χ3n) is 19.5. The van der Waals surface area contributed by atoms with Crippen molar-refractivity contribution in [1.82, 2.24) is 13.7 Å². The topological polar surface area (TPSA) is 21.3 Å². The molecule has 0 fully saturated rings. The molecule has 0 spiro atoms. The summed E-state index contributed by atoms with van der Waals surface area (Å²) in [4.78, 5) is 4.90. The van der Waals surface area contributed by atoms with Crippen molar-refractivity contribution in [3.05, 3.63) is 282 Å². The Bertz CT molecular complexity index is 5290. The number of benzene rings is 12. The Morgan fingerprint density at radius 1 is 0.237 bits per heavy atom. The van der Waals surface area contributed by atoms with Gasteiger partial charge >= 0.3 is 0 Å². The van der Waals surface area contributed by atoms with Crippen LogP contribution in [0.4, 0.5) is 34.1 Å². The largest absolute Gasteiger partial charge is 0.310 e. The molecule has 0 aliphatic rings. The van der Waals surface area contributed by atoms with Gasteiger partial charge in [-0.3, -0.25) is 0 Å². The Balaban J connectivity index is 0.913. The van der Waals surface area contributed by atoms with Crippen molar-refractivity contribution >= 4 is 110 Å². The van der Waals surface area contributed by atoms with Gasteiger partial charge < -0.3 is 23.5 Å². The van der Waals surface area contributed by atoms with Gasteiger partial charge in [-0.15, -0.1) is 0 Å². The van der Waals surface area contributed by atoms with Gasteiger partial charge in [0.15, 0.2) is 0 Å². The number of hydrogen-bond acceptors (Lipinski definition) is 2. The monoisotopic (exact) mass is 1210 g/mol.